The van der Waals surface area contributed by atoms with Crippen molar-refractivity contribution >= 4 is 25.5 Å². The molecular formula is CHCl3N4Zr-. The van der Waals surface area contributed by atoms with Crippen molar-refractivity contribution in [3.8, 4) is 0 Å². The van der Waals surface area contributed by atoms with Crippen LogP contribution in [0.4, 0.5) is 0 Å². The predicted octanol–water partition coefficient (Wildman–Crippen LogP) is 1.07. The van der Waals surface area contributed by atoms with Crippen molar-refractivity contribution in [3.63, 3.8) is 0 Å². The average Bonchev–Trinajstić information content (AvgIpc) is 2.11. The zero-order chi connectivity index (χ0) is 7.11. The van der Waals surface area contributed by atoms with Crippen LogP contribution in [0, 0.1) is 6.33 Å². The van der Waals surface area contributed by atoms with E-state index in [9.17, 15) is 0 Å². The number of rotatable bonds is 0. The summed E-state index contributed by atoms with van der Waals surface area (Å²) in [5.74, 6) is 0. The summed E-state index contributed by atoms with van der Waals surface area (Å²) in [5.41, 5.74) is 0. The molecule has 0 fully saturated rings. The molecule has 0 amide bonds. The number of aromatic nitrogens is 4. The van der Waals surface area contributed by atoms with Crippen molar-refractivity contribution in [3.05, 3.63) is 6.33 Å². The normalized spacial score (nSPS) is 7.44. The second-order valence-corrected chi connectivity index (χ2v) is 11.9. The second-order valence-electron chi connectivity index (χ2n) is 0.726. The Morgan fingerprint density at radius 1 is 1.33 bits per heavy atom. The van der Waals surface area contributed by atoms with Gasteiger partial charge in [0.05, 0.1) is 0 Å². The first-order chi connectivity index (χ1) is 4.23. The Labute approximate surface area is 70.2 Å². The number of hydrogen-bond acceptors (Lipinski definition) is 3. The second kappa shape index (κ2) is 6.94. The van der Waals surface area contributed by atoms with Crippen molar-refractivity contribution in [2.45, 2.75) is 0 Å². The number of aromatic amines is 1. The van der Waals surface area contributed by atoms with Gasteiger partial charge in [-0.2, -0.15) is 0 Å². The van der Waals surface area contributed by atoms with Gasteiger partial charge < -0.3 is 10.2 Å². The number of nitrogens with one attached hydrogen (secondary N) is 1. The molecule has 4 nitrogen and oxygen atoms in total. The van der Waals surface area contributed by atoms with Gasteiger partial charge in [-0.1, -0.05) is 5.21 Å². The number of H-pyrrole nitrogens is 1. The molecular weight excluding hydrogens is 266 g/mol. The van der Waals surface area contributed by atoms with E-state index in [1.807, 2.05) is 0 Å². The summed E-state index contributed by atoms with van der Waals surface area (Å²) in [6, 6.07) is 0. The van der Waals surface area contributed by atoms with Crippen LogP contribution < -0.4 is 0 Å². The minimum Gasteiger partial charge on any atom is -0.357 e. The average molecular weight is 267 g/mol. The van der Waals surface area contributed by atoms with Gasteiger partial charge in [0.1, 0.15) is 0 Å². The minimum absolute atomic E-state index is 2.13. The number of nitrogens with zero attached hydrogens (tertiary/aromatic N) is 3. The summed E-state index contributed by atoms with van der Waals surface area (Å²) in [6.45, 7) is 0. The van der Waals surface area contributed by atoms with E-state index in [4.69, 9.17) is 25.5 Å². The van der Waals surface area contributed by atoms with Crippen molar-refractivity contribution in [2.24, 2.45) is 0 Å². The van der Waals surface area contributed by atoms with Crippen LogP contribution in [-0.4, -0.2) is 20.6 Å². The molecule has 0 atom stereocenters. The van der Waals surface area contributed by atoms with Crippen LogP contribution in [-0.2, 0) is 18.2 Å². The van der Waals surface area contributed by atoms with Crippen LogP contribution in [0.3, 0.4) is 0 Å². The van der Waals surface area contributed by atoms with E-state index < -0.39 is 18.2 Å². The maximum atomic E-state index is 5.00. The SMILES string of the molecule is [Cl][Zr]([Cl])[Cl].[c-]1nn[nH]n1. The standard InChI is InChI=1S/CHN4.3ClH.Zr/c1-2-4-5-3-1;;;;/h(H,2,3,4,5);3*1H;/q-1;;;;+3/p-3. The van der Waals surface area contributed by atoms with Gasteiger partial charge in [0, 0.05) is 0 Å². The van der Waals surface area contributed by atoms with E-state index in [2.05, 4.69) is 27.0 Å². The van der Waals surface area contributed by atoms with E-state index in [0.717, 1.165) is 0 Å². The predicted molar refractivity (Wildman–Crippen MR) is 30.6 cm³/mol. The third-order valence-corrected chi connectivity index (χ3v) is 0.239. The Balaban J connectivity index is 0.000000148. The fourth-order valence-corrected chi connectivity index (χ4v) is 0.112. The van der Waals surface area contributed by atoms with E-state index in [0.29, 0.717) is 0 Å². The first kappa shape index (κ1) is 9.82. The Hall–Kier alpha value is 0.823. The molecule has 0 aliphatic rings. The van der Waals surface area contributed by atoms with Gasteiger partial charge in [-0.15, -0.1) is 0 Å². The van der Waals surface area contributed by atoms with Gasteiger partial charge >= 0.3 is 43.7 Å². The third-order valence-electron chi connectivity index (χ3n) is 0.239. The minimum atomic E-state index is -2.13. The number of halogens is 3. The molecule has 51 valence electrons. The molecule has 0 aliphatic carbocycles. The molecule has 9 heavy (non-hydrogen) atoms. The Morgan fingerprint density at radius 3 is 2.00 bits per heavy atom. The van der Waals surface area contributed by atoms with Gasteiger partial charge in [-0.05, 0) is 0 Å². The van der Waals surface area contributed by atoms with Crippen molar-refractivity contribution in [2.75, 3.05) is 0 Å². The summed E-state index contributed by atoms with van der Waals surface area (Å²) in [7, 11) is 15.0. The topological polar surface area (TPSA) is 54.5 Å². The van der Waals surface area contributed by atoms with Gasteiger partial charge in [-0.25, -0.2) is 11.5 Å². The van der Waals surface area contributed by atoms with Crippen LogP contribution in [0.25, 0.3) is 0 Å². The van der Waals surface area contributed by atoms with Gasteiger partial charge in [-0.3, -0.25) is 0 Å². The third kappa shape index (κ3) is 12.1. The maximum absolute atomic E-state index is 5.00. The smallest absolute Gasteiger partial charge is 0.0920 e. The van der Waals surface area contributed by atoms with Gasteiger partial charge in [0.25, 0.3) is 0 Å². The molecule has 1 aromatic heterocycles. The van der Waals surface area contributed by atoms with Crippen LogP contribution in [0.1, 0.15) is 0 Å². The van der Waals surface area contributed by atoms with Crippen LogP contribution in [0.2, 0.25) is 0 Å². The summed E-state index contributed by atoms with van der Waals surface area (Å²) in [5, 5.41) is 11.8. The molecule has 1 aromatic rings. The molecule has 0 unspecified atom stereocenters. The van der Waals surface area contributed by atoms with Crippen molar-refractivity contribution in [1.82, 2.24) is 20.6 Å². The summed E-state index contributed by atoms with van der Waals surface area (Å²) in [6.07, 6.45) is 2.19. The monoisotopic (exact) mass is 264 g/mol. The summed E-state index contributed by atoms with van der Waals surface area (Å²) in [4.78, 5) is 0. The molecule has 1 rings (SSSR count). The number of hydrogen-bond donors (Lipinski definition) is 1. The van der Waals surface area contributed by atoms with Gasteiger partial charge in [0.15, 0.2) is 0 Å². The zero-order valence-corrected chi connectivity index (χ0v) is 8.70. The first-order valence-corrected chi connectivity index (χ1v) is 11.2. The largest absolute Gasteiger partial charge is 0.357 e. The maximum Gasteiger partial charge on any atom is -0.0920 e. The van der Waals surface area contributed by atoms with E-state index in [1.54, 1.807) is 0 Å². The number of tetrazole rings is 1. The Kier molecular flexibility index (Phi) is 7.57. The van der Waals surface area contributed by atoms with E-state index >= 15 is 0 Å². The molecule has 1 heterocycles. The first-order valence-electron chi connectivity index (χ1n) is 1.66. The molecule has 8 heteroatoms. The van der Waals surface area contributed by atoms with E-state index in [-0.39, 0.29) is 0 Å². The fraction of sp³-hybridized carbons (Fsp3) is 0. The van der Waals surface area contributed by atoms with Crippen LogP contribution in [0.15, 0.2) is 0 Å². The molecule has 1 N–H and O–H groups in total. The molecule has 0 bridgehead atoms. The molecule has 0 spiro atoms. The van der Waals surface area contributed by atoms with E-state index in [1.165, 1.54) is 0 Å². The fourth-order valence-electron chi connectivity index (χ4n) is 0.112. The van der Waals surface area contributed by atoms with Crippen LogP contribution in [0.5, 0.6) is 0 Å². The van der Waals surface area contributed by atoms with Crippen molar-refractivity contribution < 1.29 is 18.2 Å². The molecule has 0 saturated heterocycles. The molecule has 0 radical (unpaired) electrons. The Bertz CT molecular complexity index is 99.4. The van der Waals surface area contributed by atoms with Crippen molar-refractivity contribution in [1.29, 1.82) is 0 Å². The molecule has 0 aromatic carbocycles. The van der Waals surface area contributed by atoms with Gasteiger partial charge in [0.2, 0.25) is 0 Å². The van der Waals surface area contributed by atoms with Crippen LogP contribution >= 0.6 is 25.5 Å². The summed E-state index contributed by atoms with van der Waals surface area (Å²) < 4.78 is 0. The summed E-state index contributed by atoms with van der Waals surface area (Å²) >= 11 is -2.13. The molecule has 0 aliphatic heterocycles. The molecule has 0 saturated carbocycles. The quantitative estimate of drug-likeness (QED) is 0.715. The Morgan fingerprint density at radius 2 is 1.89 bits per heavy atom. The zero-order valence-electron chi connectivity index (χ0n) is 3.98.